The maximum Gasteiger partial charge on any atom is -0.00913 e. The largest absolute Gasteiger partial charge is 0.107 e. The SMILES string of the molecule is C=CCC1CC1C(C)(CC(CC)(CC)CC)P(C)C. The molecule has 0 saturated heterocycles. The highest BCUT2D eigenvalue weighted by molar-refractivity contribution is 7.57. The van der Waals surface area contributed by atoms with Crippen molar-refractivity contribution in [2.24, 2.45) is 17.3 Å². The summed E-state index contributed by atoms with van der Waals surface area (Å²) in [6, 6.07) is 0. The summed E-state index contributed by atoms with van der Waals surface area (Å²) in [5.74, 6) is 1.91. The normalized spacial score (nSPS) is 26.3. The van der Waals surface area contributed by atoms with Crippen LogP contribution < -0.4 is 0 Å². The molecule has 1 heteroatoms. The van der Waals surface area contributed by atoms with Gasteiger partial charge in [0.15, 0.2) is 0 Å². The lowest BCUT2D eigenvalue weighted by molar-refractivity contribution is 0.192. The molecule has 3 atom stereocenters. The predicted molar refractivity (Wildman–Crippen MR) is 91.5 cm³/mol. The summed E-state index contributed by atoms with van der Waals surface area (Å²) in [5, 5.41) is 0.588. The van der Waals surface area contributed by atoms with Gasteiger partial charge in [0.05, 0.1) is 0 Å². The van der Waals surface area contributed by atoms with E-state index in [1.54, 1.807) is 0 Å². The fourth-order valence-electron chi connectivity index (χ4n) is 3.99. The Balaban J connectivity index is 2.86. The monoisotopic (exact) mass is 282 g/mol. The Morgan fingerprint density at radius 2 is 1.68 bits per heavy atom. The molecule has 0 amide bonds. The molecule has 0 aliphatic heterocycles. The zero-order valence-corrected chi connectivity index (χ0v) is 15.0. The average Bonchev–Trinajstić information content (AvgIpc) is 3.16. The number of hydrogen-bond donors (Lipinski definition) is 0. The lowest BCUT2D eigenvalue weighted by atomic mass is 9.72. The van der Waals surface area contributed by atoms with E-state index in [9.17, 15) is 0 Å². The first kappa shape index (κ1) is 17.2. The highest BCUT2D eigenvalue weighted by Gasteiger charge is 2.52. The maximum absolute atomic E-state index is 3.93. The van der Waals surface area contributed by atoms with Gasteiger partial charge in [0.25, 0.3) is 0 Å². The molecule has 1 aliphatic rings. The summed E-state index contributed by atoms with van der Waals surface area (Å²) in [4.78, 5) is 0. The smallest absolute Gasteiger partial charge is 0.00913 e. The maximum atomic E-state index is 3.93. The zero-order chi connectivity index (χ0) is 14.7. The fraction of sp³-hybridized carbons (Fsp3) is 0.889. The third kappa shape index (κ3) is 3.63. The van der Waals surface area contributed by atoms with Crippen LogP contribution in [0.15, 0.2) is 12.7 Å². The molecular weight excluding hydrogens is 247 g/mol. The van der Waals surface area contributed by atoms with E-state index >= 15 is 0 Å². The molecule has 3 unspecified atom stereocenters. The van der Waals surface area contributed by atoms with E-state index in [4.69, 9.17) is 0 Å². The Hall–Kier alpha value is 0.170. The second kappa shape index (κ2) is 6.75. The van der Waals surface area contributed by atoms with Gasteiger partial charge in [-0.15, -0.1) is 14.5 Å². The highest BCUT2D eigenvalue weighted by atomic mass is 31.1. The van der Waals surface area contributed by atoms with Crippen molar-refractivity contribution in [3.63, 3.8) is 0 Å². The summed E-state index contributed by atoms with van der Waals surface area (Å²) in [6.45, 7) is 18.7. The molecular formula is C18H35P. The van der Waals surface area contributed by atoms with Crippen LogP contribution in [0.25, 0.3) is 0 Å². The molecule has 0 nitrogen and oxygen atoms in total. The minimum Gasteiger partial charge on any atom is -0.107 e. The third-order valence-corrected chi connectivity index (χ3v) is 8.73. The Labute approximate surface area is 123 Å². The summed E-state index contributed by atoms with van der Waals surface area (Å²) >= 11 is 0. The van der Waals surface area contributed by atoms with Crippen LogP contribution in [0.3, 0.4) is 0 Å². The van der Waals surface area contributed by atoms with Crippen molar-refractivity contribution in [2.75, 3.05) is 13.3 Å². The van der Waals surface area contributed by atoms with Crippen molar-refractivity contribution in [1.29, 1.82) is 0 Å². The van der Waals surface area contributed by atoms with E-state index in [1.807, 2.05) is 0 Å². The summed E-state index contributed by atoms with van der Waals surface area (Å²) < 4.78 is 0. The van der Waals surface area contributed by atoms with Crippen LogP contribution in [0.4, 0.5) is 0 Å². The van der Waals surface area contributed by atoms with E-state index in [-0.39, 0.29) is 7.92 Å². The molecule has 1 saturated carbocycles. The number of rotatable bonds is 9. The Kier molecular flexibility index (Phi) is 6.12. The van der Waals surface area contributed by atoms with Gasteiger partial charge in [-0.1, -0.05) is 53.0 Å². The fourth-order valence-corrected chi connectivity index (χ4v) is 5.62. The molecule has 0 aromatic carbocycles. The minimum atomic E-state index is 0.124. The Morgan fingerprint density at radius 3 is 2.05 bits per heavy atom. The van der Waals surface area contributed by atoms with Gasteiger partial charge in [0.2, 0.25) is 0 Å². The molecule has 1 aliphatic carbocycles. The van der Waals surface area contributed by atoms with Crippen molar-refractivity contribution < 1.29 is 0 Å². The zero-order valence-electron chi connectivity index (χ0n) is 14.1. The molecule has 1 rings (SSSR count). The van der Waals surface area contributed by atoms with Crippen LogP contribution in [0.1, 0.15) is 66.2 Å². The number of hydrogen-bond acceptors (Lipinski definition) is 0. The van der Waals surface area contributed by atoms with E-state index < -0.39 is 0 Å². The Bertz CT molecular complexity index is 282. The standard InChI is InChI=1S/C18H35P/c1-8-12-15-13-16(15)17(5,19(6)7)14-18(9-2,10-3)11-4/h8,15-16H,1,9-14H2,2-7H3. The van der Waals surface area contributed by atoms with E-state index in [2.05, 4.69) is 53.7 Å². The van der Waals surface area contributed by atoms with Gasteiger partial charge in [0.1, 0.15) is 0 Å². The molecule has 112 valence electrons. The van der Waals surface area contributed by atoms with Gasteiger partial charge in [0, 0.05) is 0 Å². The average molecular weight is 282 g/mol. The van der Waals surface area contributed by atoms with Crippen LogP contribution in [0.5, 0.6) is 0 Å². The van der Waals surface area contributed by atoms with Crippen LogP contribution >= 0.6 is 7.92 Å². The molecule has 19 heavy (non-hydrogen) atoms. The van der Waals surface area contributed by atoms with E-state index in [1.165, 1.54) is 38.5 Å². The first-order valence-electron chi connectivity index (χ1n) is 8.17. The van der Waals surface area contributed by atoms with Crippen LogP contribution in [-0.2, 0) is 0 Å². The van der Waals surface area contributed by atoms with Crippen molar-refractivity contribution >= 4 is 7.92 Å². The molecule has 0 spiro atoms. The molecule has 0 heterocycles. The highest BCUT2D eigenvalue weighted by Crippen LogP contribution is 2.64. The van der Waals surface area contributed by atoms with Gasteiger partial charge < -0.3 is 0 Å². The first-order chi connectivity index (χ1) is 8.89. The summed E-state index contributed by atoms with van der Waals surface area (Å²) in [6.07, 6.45) is 10.3. The molecule has 0 aromatic heterocycles. The molecule has 0 aromatic rings. The number of allylic oxidation sites excluding steroid dienone is 1. The van der Waals surface area contributed by atoms with Crippen molar-refractivity contribution in [1.82, 2.24) is 0 Å². The summed E-state index contributed by atoms with van der Waals surface area (Å²) in [5.41, 5.74) is 0.586. The lowest BCUT2D eigenvalue weighted by Gasteiger charge is -2.44. The van der Waals surface area contributed by atoms with Gasteiger partial charge in [-0.2, -0.15) is 0 Å². The van der Waals surface area contributed by atoms with Gasteiger partial charge >= 0.3 is 0 Å². The van der Waals surface area contributed by atoms with Crippen LogP contribution in [-0.4, -0.2) is 18.5 Å². The van der Waals surface area contributed by atoms with Gasteiger partial charge in [-0.25, -0.2) is 0 Å². The van der Waals surface area contributed by atoms with Crippen molar-refractivity contribution in [3.8, 4) is 0 Å². The Morgan fingerprint density at radius 1 is 1.16 bits per heavy atom. The van der Waals surface area contributed by atoms with E-state index in [0.717, 1.165) is 11.8 Å². The second-order valence-electron chi connectivity index (χ2n) is 7.12. The molecule has 0 N–H and O–H groups in total. The minimum absolute atomic E-state index is 0.124. The van der Waals surface area contributed by atoms with Gasteiger partial charge in [-0.3, -0.25) is 0 Å². The predicted octanol–water partition coefficient (Wildman–Crippen LogP) is 6.31. The van der Waals surface area contributed by atoms with Crippen molar-refractivity contribution in [2.45, 2.75) is 71.4 Å². The van der Waals surface area contributed by atoms with E-state index in [0.29, 0.717) is 10.6 Å². The molecule has 0 bridgehead atoms. The van der Waals surface area contributed by atoms with Crippen LogP contribution in [0.2, 0.25) is 0 Å². The van der Waals surface area contributed by atoms with Crippen LogP contribution in [0, 0.1) is 17.3 Å². The first-order valence-corrected chi connectivity index (χ1v) is 10.4. The lowest BCUT2D eigenvalue weighted by Crippen LogP contribution is -2.35. The molecule has 1 fully saturated rings. The summed E-state index contributed by atoms with van der Waals surface area (Å²) in [7, 11) is 0.124. The topological polar surface area (TPSA) is 0 Å². The second-order valence-corrected chi connectivity index (χ2v) is 9.93. The quantitative estimate of drug-likeness (QED) is 0.343. The third-order valence-electron chi connectivity index (χ3n) is 6.20. The van der Waals surface area contributed by atoms with Gasteiger partial charge in [-0.05, 0) is 55.0 Å². The molecule has 0 radical (unpaired) electrons. The van der Waals surface area contributed by atoms with Crippen molar-refractivity contribution in [3.05, 3.63) is 12.7 Å².